The van der Waals surface area contributed by atoms with E-state index < -0.39 is 24.3 Å². The van der Waals surface area contributed by atoms with E-state index in [2.05, 4.69) is 0 Å². The number of halogens is 6. The Morgan fingerprint density at radius 3 is 1.00 bits per heavy atom. The van der Waals surface area contributed by atoms with Crippen molar-refractivity contribution in [2.75, 3.05) is 0 Å². The van der Waals surface area contributed by atoms with Gasteiger partial charge in [0.1, 0.15) is 0 Å². The molecule has 1 saturated carbocycles. The minimum absolute atomic E-state index is 0.583. The normalized spacial score (nSPS) is 14.6. The van der Waals surface area contributed by atoms with Gasteiger partial charge in [-0.2, -0.15) is 26.3 Å². The molecule has 0 amide bonds. The topological polar surface area (TPSA) is 101 Å². The number of aliphatic carboxylic acids is 2. The number of carbonyl (C=O) groups is 2. The third-order valence-electron chi connectivity index (χ3n) is 1.11. The van der Waals surface area contributed by atoms with Gasteiger partial charge < -0.3 is 15.9 Å². The van der Waals surface area contributed by atoms with Crippen molar-refractivity contribution in [2.24, 2.45) is 5.73 Å². The second-order valence-corrected chi connectivity index (χ2v) is 2.94. The van der Waals surface area contributed by atoms with Gasteiger partial charge in [-0.15, -0.1) is 0 Å². The molecule has 0 bridgehead atoms. The van der Waals surface area contributed by atoms with Gasteiger partial charge in [-0.1, -0.05) is 0 Å². The third kappa shape index (κ3) is 14.5. The van der Waals surface area contributed by atoms with Crippen LogP contribution < -0.4 is 5.73 Å². The van der Waals surface area contributed by atoms with E-state index in [4.69, 9.17) is 25.5 Å². The van der Waals surface area contributed by atoms with Gasteiger partial charge in [0.25, 0.3) is 0 Å². The summed E-state index contributed by atoms with van der Waals surface area (Å²) in [5, 5.41) is 14.2. The molecule has 0 heterocycles. The zero-order valence-corrected chi connectivity index (χ0v) is 8.55. The summed E-state index contributed by atoms with van der Waals surface area (Å²) in [7, 11) is 0. The average molecular weight is 285 g/mol. The Hall–Kier alpha value is -1.52. The number of hydrogen-bond donors (Lipinski definition) is 3. The first-order valence-electron chi connectivity index (χ1n) is 4.14. The van der Waals surface area contributed by atoms with Crippen molar-refractivity contribution in [1.82, 2.24) is 0 Å². The summed E-state index contributed by atoms with van der Waals surface area (Å²) in [5.74, 6) is -5.51. The van der Waals surface area contributed by atoms with Gasteiger partial charge in [0.2, 0.25) is 0 Å². The fraction of sp³-hybridized carbons (Fsp3) is 0.714. The number of rotatable bonds is 0. The molecule has 0 radical (unpaired) electrons. The maximum absolute atomic E-state index is 10.6. The van der Waals surface area contributed by atoms with E-state index in [0.29, 0.717) is 6.04 Å². The van der Waals surface area contributed by atoms with Crippen LogP contribution in [0.1, 0.15) is 12.8 Å². The molecule has 0 saturated heterocycles. The molecule has 108 valence electrons. The summed E-state index contributed by atoms with van der Waals surface area (Å²) >= 11 is 0. The zero-order chi connectivity index (χ0) is 15.1. The molecular formula is C7H9F6NO4. The molecule has 0 unspecified atom stereocenters. The van der Waals surface area contributed by atoms with Gasteiger partial charge >= 0.3 is 24.3 Å². The van der Waals surface area contributed by atoms with Crippen molar-refractivity contribution < 1.29 is 46.1 Å². The van der Waals surface area contributed by atoms with Crippen LogP contribution in [0.5, 0.6) is 0 Å². The monoisotopic (exact) mass is 285 g/mol. The molecule has 0 aliphatic heterocycles. The van der Waals surface area contributed by atoms with Crippen LogP contribution in [0.25, 0.3) is 0 Å². The van der Waals surface area contributed by atoms with E-state index in [9.17, 15) is 26.3 Å². The standard InChI is InChI=1S/C3H7N.2C2HF3O2/c4-3-1-2-3;2*3-2(4,5)1(6)7/h3H,1-2,4H2;2*(H,6,7). The quantitative estimate of drug-likeness (QED) is 0.584. The van der Waals surface area contributed by atoms with E-state index in [1.165, 1.54) is 12.8 Å². The SMILES string of the molecule is NC1CC1.O=C(O)C(F)(F)F.O=C(O)C(F)(F)F. The first kappa shape index (κ1) is 18.8. The van der Waals surface area contributed by atoms with E-state index in [1.54, 1.807) is 0 Å². The number of carboxylic acids is 2. The summed E-state index contributed by atoms with van der Waals surface area (Å²) in [6, 6.07) is 0.583. The van der Waals surface area contributed by atoms with Gasteiger partial charge in [0, 0.05) is 6.04 Å². The van der Waals surface area contributed by atoms with Gasteiger partial charge in [-0.25, -0.2) is 9.59 Å². The maximum Gasteiger partial charge on any atom is 0.490 e. The Balaban J connectivity index is 0. The molecule has 0 aromatic heterocycles. The molecule has 1 fully saturated rings. The first-order valence-corrected chi connectivity index (χ1v) is 4.14. The van der Waals surface area contributed by atoms with Crippen molar-refractivity contribution in [3.05, 3.63) is 0 Å². The highest BCUT2D eigenvalue weighted by atomic mass is 19.4. The zero-order valence-electron chi connectivity index (χ0n) is 8.55. The third-order valence-corrected chi connectivity index (χ3v) is 1.11. The minimum Gasteiger partial charge on any atom is -0.475 e. The highest BCUT2D eigenvalue weighted by molar-refractivity contribution is 5.73. The first-order chi connectivity index (χ1) is 7.78. The van der Waals surface area contributed by atoms with Crippen LogP contribution in [0.3, 0.4) is 0 Å². The second kappa shape index (κ2) is 7.03. The number of nitrogens with two attached hydrogens (primary N) is 1. The summed E-state index contributed by atoms with van der Waals surface area (Å²) in [4.78, 5) is 17.8. The molecule has 11 heteroatoms. The highest BCUT2D eigenvalue weighted by Crippen LogP contribution is 2.14. The lowest BCUT2D eigenvalue weighted by Crippen LogP contribution is -2.21. The van der Waals surface area contributed by atoms with E-state index in [1.807, 2.05) is 0 Å². The number of alkyl halides is 6. The molecular weight excluding hydrogens is 276 g/mol. The predicted molar refractivity (Wildman–Crippen MR) is 44.6 cm³/mol. The average Bonchev–Trinajstić information content (AvgIpc) is 2.86. The van der Waals surface area contributed by atoms with Crippen LogP contribution in [0.15, 0.2) is 0 Å². The van der Waals surface area contributed by atoms with Gasteiger partial charge in [0.15, 0.2) is 0 Å². The Morgan fingerprint density at radius 1 is 0.889 bits per heavy atom. The summed E-state index contributed by atoms with van der Waals surface area (Å²) in [6.45, 7) is 0. The van der Waals surface area contributed by atoms with Crippen LogP contribution in [-0.2, 0) is 9.59 Å². The van der Waals surface area contributed by atoms with Crippen molar-refractivity contribution >= 4 is 11.9 Å². The van der Waals surface area contributed by atoms with Crippen molar-refractivity contribution in [1.29, 1.82) is 0 Å². The lowest BCUT2D eigenvalue weighted by atomic mass is 10.7. The Bertz CT molecular complexity index is 259. The lowest BCUT2D eigenvalue weighted by molar-refractivity contribution is -0.193. The molecule has 0 atom stereocenters. The smallest absolute Gasteiger partial charge is 0.475 e. The fourth-order valence-corrected chi connectivity index (χ4v) is 0.0962. The molecule has 0 aromatic carbocycles. The Morgan fingerprint density at radius 2 is 1.00 bits per heavy atom. The minimum atomic E-state index is -5.08. The Kier molecular flexibility index (Phi) is 7.36. The van der Waals surface area contributed by atoms with Crippen LogP contribution in [0.4, 0.5) is 26.3 Å². The molecule has 4 N–H and O–H groups in total. The van der Waals surface area contributed by atoms with Crippen LogP contribution >= 0.6 is 0 Å². The number of carboxylic acid groups (broad SMARTS) is 2. The summed E-state index contributed by atoms with van der Waals surface area (Å²) in [5.41, 5.74) is 5.22. The van der Waals surface area contributed by atoms with Crippen molar-refractivity contribution in [3.8, 4) is 0 Å². The van der Waals surface area contributed by atoms with E-state index >= 15 is 0 Å². The lowest BCUT2D eigenvalue weighted by Gasteiger charge is -1.93. The van der Waals surface area contributed by atoms with Crippen LogP contribution in [0, 0.1) is 0 Å². The molecule has 0 spiro atoms. The summed E-state index contributed by atoms with van der Waals surface area (Å²) in [6.07, 6.45) is -7.64. The molecule has 5 nitrogen and oxygen atoms in total. The molecule has 18 heavy (non-hydrogen) atoms. The number of hydrogen-bond acceptors (Lipinski definition) is 3. The predicted octanol–water partition coefficient (Wildman–Crippen LogP) is 1.37. The highest BCUT2D eigenvalue weighted by Gasteiger charge is 2.38. The molecule has 0 aromatic rings. The fourth-order valence-electron chi connectivity index (χ4n) is 0.0962. The van der Waals surface area contributed by atoms with E-state index in [0.717, 1.165) is 0 Å². The van der Waals surface area contributed by atoms with Gasteiger partial charge in [-0.05, 0) is 12.8 Å². The van der Waals surface area contributed by atoms with E-state index in [-0.39, 0.29) is 0 Å². The molecule has 1 rings (SSSR count). The van der Waals surface area contributed by atoms with Crippen LogP contribution in [0.2, 0.25) is 0 Å². The van der Waals surface area contributed by atoms with Gasteiger partial charge in [0.05, 0.1) is 0 Å². The van der Waals surface area contributed by atoms with Crippen molar-refractivity contribution in [3.63, 3.8) is 0 Å². The summed E-state index contributed by atoms with van der Waals surface area (Å²) < 4.78 is 63.5. The largest absolute Gasteiger partial charge is 0.490 e. The molecule has 1 aliphatic rings. The van der Waals surface area contributed by atoms with Crippen molar-refractivity contribution in [2.45, 2.75) is 31.2 Å². The molecule has 1 aliphatic carbocycles. The maximum atomic E-state index is 10.6. The van der Waals surface area contributed by atoms with Gasteiger partial charge in [-0.3, -0.25) is 0 Å². The Labute approximate surface area is 96.2 Å². The second-order valence-electron chi connectivity index (χ2n) is 2.94. The van der Waals surface area contributed by atoms with Crippen LogP contribution in [-0.4, -0.2) is 40.5 Å².